The number of para-hydroxylation sites is 2. The Balaban J connectivity index is 1.60. The van der Waals surface area contributed by atoms with Gasteiger partial charge in [-0.2, -0.15) is 5.26 Å². The van der Waals surface area contributed by atoms with Gasteiger partial charge >= 0.3 is 5.69 Å². The molecule has 2 heterocycles. The Morgan fingerprint density at radius 1 is 1.27 bits per heavy atom. The Hall–Kier alpha value is -4.12. The second kappa shape index (κ2) is 6.46. The average Bonchev–Trinajstić information content (AvgIpc) is 3.49. The van der Waals surface area contributed by atoms with Crippen LogP contribution in [0.2, 0.25) is 0 Å². The van der Waals surface area contributed by atoms with Crippen LogP contribution >= 0.6 is 0 Å². The number of nitriles is 1. The summed E-state index contributed by atoms with van der Waals surface area (Å²) in [6.07, 6.45) is 2.18. The number of nitrogens with zero attached hydrogens (tertiary/aromatic N) is 4. The maximum Gasteiger partial charge on any atom is 0.333 e. The van der Waals surface area contributed by atoms with Crippen molar-refractivity contribution in [2.75, 3.05) is 11.1 Å². The van der Waals surface area contributed by atoms with Crippen LogP contribution in [0.3, 0.4) is 0 Å². The molecule has 2 aromatic carbocycles. The van der Waals surface area contributed by atoms with Crippen molar-refractivity contribution in [1.82, 2.24) is 14.1 Å². The van der Waals surface area contributed by atoms with Crippen molar-refractivity contribution in [2.45, 2.75) is 6.42 Å². The Morgan fingerprint density at radius 3 is 2.77 bits per heavy atom. The van der Waals surface area contributed by atoms with E-state index in [4.69, 9.17) is 11.0 Å². The Morgan fingerprint density at radius 2 is 2.03 bits per heavy atom. The predicted molar refractivity (Wildman–Crippen MR) is 114 cm³/mol. The van der Waals surface area contributed by atoms with E-state index in [1.807, 2.05) is 30.3 Å². The van der Waals surface area contributed by atoms with Gasteiger partial charge in [0.1, 0.15) is 5.82 Å². The van der Waals surface area contributed by atoms with E-state index < -0.39 is 0 Å². The number of imidazole rings is 1. The van der Waals surface area contributed by atoms with Crippen LogP contribution in [0.5, 0.6) is 0 Å². The number of aromatic nitrogens is 3. The van der Waals surface area contributed by atoms with Crippen molar-refractivity contribution in [3.8, 4) is 11.8 Å². The standard InChI is InChI=1S/C22H18N6O2/c1-27-18-4-2-3-5-19(18)28(22(27)30)14-6-12-8-20(25-11-16(12)17(24)9-14)26-21(29)15-7-13(15)10-23/h2-6,8-9,11,13,15H,7,24H2,1H3,(H,25,26,29). The molecule has 148 valence electrons. The van der Waals surface area contributed by atoms with Gasteiger partial charge in [0.25, 0.3) is 0 Å². The number of nitrogens with one attached hydrogen (secondary N) is 1. The van der Waals surface area contributed by atoms with Crippen LogP contribution in [0, 0.1) is 23.2 Å². The van der Waals surface area contributed by atoms with E-state index in [-0.39, 0.29) is 23.4 Å². The van der Waals surface area contributed by atoms with Gasteiger partial charge in [-0.25, -0.2) is 9.78 Å². The van der Waals surface area contributed by atoms with E-state index in [0.29, 0.717) is 23.6 Å². The fourth-order valence-electron chi connectivity index (χ4n) is 3.86. The first-order valence-corrected chi connectivity index (χ1v) is 9.54. The van der Waals surface area contributed by atoms with Crippen LogP contribution in [0.25, 0.3) is 27.5 Å². The molecule has 4 aromatic rings. The van der Waals surface area contributed by atoms with Gasteiger partial charge in [0.2, 0.25) is 5.91 Å². The molecule has 8 heteroatoms. The molecule has 0 spiro atoms. The van der Waals surface area contributed by atoms with Gasteiger partial charge in [-0.05, 0) is 42.1 Å². The lowest BCUT2D eigenvalue weighted by Crippen LogP contribution is -2.21. The number of rotatable bonds is 3. The maximum atomic E-state index is 12.9. The van der Waals surface area contributed by atoms with Crippen LogP contribution in [0.15, 0.2) is 53.5 Å². The maximum absolute atomic E-state index is 12.9. The van der Waals surface area contributed by atoms with Gasteiger partial charge in [0, 0.05) is 24.3 Å². The molecule has 0 aliphatic heterocycles. The summed E-state index contributed by atoms with van der Waals surface area (Å²) in [4.78, 5) is 29.4. The zero-order valence-corrected chi connectivity index (χ0v) is 16.2. The fourth-order valence-corrected chi connectivity index (χ4v) is 3.86. The number of hydrogen-bond donors (Lipinski definition) is 2. The van der Waals surface area contributed by atoms with Crippen LogP contribution in [-0.4, -0.2) is 20.0 Å². The number of carbonyl (C=O) groups excluding carboxylic acids is 1. The third kappa shape index (κ3) is 2.71. The summed E-state index contributed by atoms with van der Waals surface area (Å²) in [6.45, 7) is 0. The quantitative estimate of drug-likeness (QED) is 0.514. The minimum absolute atomic E-state index is 0.172. The highest BCUT2D eigenvalue weighted by Gasteiger charge is 2.43. The Kier molecular flexibility index (Phi) is 3.86. The first kappa shape index (κ1) is 17.9. The number of nitrogens with two attached hydrogens (primary N) is 1. The second-order valence-corrected chi connectivity index (χ2v) is 7.56. The van der Waals surface area contributed by atoms with Gasteiger partial charge in [0.15, 0.2) is 0 Å². The predicted octanol–water partition coefficient (Wildman–Crippen LogP) is 2.56. The first-order valence-electron chi connectivity index (χ1n) is 9.54. The second-order valence-electron chi connectivity index (χ2n) is 7.56. The van der Waals surface area contributed by atoms with Crippen molar-refractivity contribution >= 4 is 39.2 Å². The molecule has 1 fully saturated rings. The molecule has 30 heavy (non-hydrogen) atoms. The molecule has 2 atom stereocenters. The molecule has 8 nitrogen and oxygen atoms in total. The number of fused-ring (bicyclic) bond motifs is 2. The number of benzene rings is 2. The summed E-state index contributed by atoms with van der Waals surface area (Å²) in [6, 6.07) is 15.0. The lowest BCUT2D eigenvalue weighted by atomic mass is 10.1. The number of amides is 1. The number of pyridine rings is 1. The number of hydrogen-bond acceptors (Lipinski definition) is 5. The van der Waals surface area contributed by atoms with Crippen molar-refractivity contribution in [2.24, 2.45) is 18.9 Å². The van der Waals surface area contributed by atoms with Crippen molar-refractivity contribution < 1.29 is 4.79 Å². The molecular weight excluding hydrogens is 380 g/mol. The first-order chi connectivity index (χ1) is 14.5. The largest absolute Gasteiger partial charge is 0.398 e. The van der Waals surface area contributed by atoms with E-state index >= 15 is 0 Å². The summed E-state index contributed by atoms with van der Waals surface area (Å²) in [5.41, 5.74) is 8.80. The fraction of sp³-hybridized carbons (Fsp3) is 0.182. The van der Waals surface area contributed by atoms with E-state index in [9.17, 15) is 9.59 Å². The lowest BCUT2D eigenvalue weighted by Gasteiger charge is -2.10. The molecule has 2 aromatic heterocycles. The summed E-state index contributed by atoms with van der Waals surface area (Å²) in [5.74, 6) is -0.315. The topological polar surface area (TPSA) is 119 Å². The van der Waals surface area contributed by atoms with Crippen molar-refractivity contribution in [3.05, 3.63) is 59.1 Å². The zero-order valence-electron chi connectivity index (χ0n) is 16.2. The minimum atomic E-state index is -0.279. The molecule has 1 aliphatic rings. The summed E-state index contributed by atoms with van der Waals surface area (Å²) in [5, 5.41) is 13.2. The van der Waals surface area contributed by atoms with Gasteiger partial charge < -0.3 is 11.1 Å². The van der Waals surface area contributed by atoms with Gasteiger partial charge in [-0.15, -0.1) is 0 Å². The molecule has 0 bridgehead atoms. The Bertz CT molecular complexity index is 1440. The third-order valence-corrected chi connectivity index (χ3v) is 5.62. The molecule has 1 aliphatic carbocycles. The molecule has 1 amide bonds. The van der Waals surface area contributed by atoms with Gasteiger partial charge in [-0.1, -0.05) is 12.1 Å². The molecular formula is C22H18N6O2. The highest BCUT2D eigenvalue weighted by atomic mass is 16.2. The summed E-state index contributed by atoms with van der Waals surface area (Å²) < 4.78 is 3.21. The van der Waals surface area contributed by atoms with E-state index in [0.717, 1.165) is 21.8 Å². The number of anilines is 2. The molecule has 2 unspecified atom stereocenters. The van der Waals surface area contributed by atoms with E-state index in [1.165, 1.54) is 0 Å². The van der Waals surface area contributed by atoms with E-state index in [1.54, 1.807) is 34.5 Å². The lowest BCUT2D eigenvalue weighted by molar-refractivity contribution is -0.117. The molecule has 3 N–H and O–H groups in total. The molecule has 5 rings (SSSR count). The molecule has 0 radical (unpaired) electrons. The minimum Gasteiger partial charge on any atom is -0.398 e. The highest BCUT2D eigenvalue weighted by molar-refractivity contribution is 5.99. The number of carbonyl (C=O) groups is 1. The number of nitrogen functional groups attached to an aromatic ring is 1. The van der Waals surface area contributed by atoms with Crippen LogP contribution in [0.4, 0.5) is 11.5 Å². The molecule has 1 saturated carbocycles. The third-order valence-electron chi connectivity index (χ3n) is 5.62. The highest BCUT2D eigenvalue weighted by Crippen LogP contribution is 2.38. The molecule has 0 saturated heterocycles. The summed E-state index contributed by atoms with van der Waals surface area (Å²) in [7, 11) is 1.73. The Labute approximate surface area is 171 Å². The number of aryl methyl sites for hydroxylation is 1. The summed E-state index contributed by atoms with van der Waals surface area (Å²) >= 11 is 0. The van der Waals surface area contributed by atoms with Crippen LogP contribution < -0.4 is 16.7 Å². The van der Waals surface area contributed by atoms with Crippen LogP contribution in [-0.2, 0) is 11.8 Å². The monoisotopic (exact) mass is 398 g/mol. The van der Waals surface area contributed by atoms with E-state index in [2.05, 4.69) is 16.4 Å². The van der Waals surface area contributed by atoms with Gasteiger partial charge in [-0.3, -0.25) is 13.9 Å². The smallest absolute Gasteiger partial charge is 0.333 e. The van der Waals surface area contributed by atoms with Crippen molar-refractivity contribution in [1.29, 1.82) is 5.26 Å². The SMILES string of the molecule is Cn1c(=O)n(-c2cc(N)c3cnc(NC(=O)C4CC4C#N)cc3c2)c2ccccc21. The zero-order chi connectivity index (χ0) is 21.0. The van der Waals surface area contributed by atoms with Gasteiger partial charge in [0.05, 0.1) is 34.6 Å². The normalized spacial score (nSPS) is 17.7. The average molecular weight is 398 g/mol. The van der Waals surface area contributed by atoms with Crippen molar-refractivity contribution in [3.63, 3.8) is 0 Å². The van der Waals surface area contributed by atoms with Crippen LogP contribution in [0.1, 0.15) is 6.42 Å².